The zero-order valence-corrected chi connectivity index (χ0v) is 20.7. The van der Waals surface area contributed by atoms with Gasteiger partial charge in [-0.3, -0.25) is 14.4 Å². The van der Waals surface area contributed by atoms with Gasteiger partial charge in [-0.2, -0.15) is 0 Å². The van der Waals surface area contributed by atoms with Crippen LogP contribution in [0.1, 0.15) is 44.7 Å². The fraction of sp³-hybridized carbons (Fsp3) is 0.407. The summed E-state index contributed by atoms with van der Waals surface area (Å²) >= 11 is 0. The van der Waals surface area contributed by atoms with Gasteiger partial charge in [0.05, 0.1) is 5.41 Å². The number of benzene rings is 2. The smallest absolute Gasteiger partial charge is 0.408 e. The highest BCUT2D eigenvalue weighted by atomic mass is 16.5. The van der Waals surface area contributed by atoms with Gasteiger partial charge in [-0.1, -0.05) is 69.3 Å². The average molecular weight is 493 g/mol. The number of amides is 4. The maximum atomic E-state index is 13.8. The monoisotopic (exact) mass is 492 g/mol. The SMILES string of the molecule is CC(C)(C)C[C@H](NC(=O)OCc1ccccc1)C(=O)N1C[C@]2(C[C@H]1C(N)=O)C(=O)Nc1ccccc12. The summed E-state index contributed by atoms with van der Waals surface area (Å²) in [6, 6.07) is 14.5. The van der Waals surface area contributed by atoms with E-state index < -0.39 is 35.4 Å². The van der Waals surface area contributed by atoms with Crippen LogP contribution < -0.4 is 16.4 Å². The van der Waals surface area contributed by atoms with E-state index >= 15 is 0 Å². The number of hydrogen-bond donors (Lipinski definition) is 3. The first kappa shape index (κ1) is 25.2. The fourth-order valence-electron chi connectivity index (χ4n) is 5.04. The van der Waals surface area contributed by atoms with E-state index in [2.05, 4.69) is 10.6 Å². The molecular formula is C27H32N4O5. The summed E-state index contributed by atoms with van der Waals surface area (Å²) in [6.07, 6.45) is -0.364. The second kappa shape index (κ2) is 9.64. The highest BCUT2D eigenvalue weighted by Gasteiger charge is 2.57. The topological polar surface area (TPSA) is 131 Å². The molecule has 0 saturated carbocycles. The molecule has 3 atom stereocenters. The summed E-state index contributed by atoms with van der Waals surface area (Å²) in [7, 11) is 0. The number of nitrogens with two attached hydrogens (primary N) is 1. The zero-order valence-electron chi connectivity index (χ0n) is 20.7. The maximum absolute atomic E-state index is 13.8. The number of para-hydroxylation sites is 1. The van der Waals surface area contributed by atoms with Crippen LogP contribution in [0.3, 0.4) is 0 Å². The van der Waals surface area contributed by atoms with Crippen molar-refractivity contribution in [1.82, 2.24) is 10.2 Å². The van der Waals surface area contributed by atoms with Gasteiger partial charge in [0.15, 0.2) is 0 Å². The van der Waals surface area contributed by atoms with E-state index in [-0.39, 0.29) is 30.9 Å². The van der Waals surface area contributed by atoms with Crippen molar-refractivity contribution in [2.24, 2.45) is 11.1 Å². The van der Waals surface area contributed by atoms with Gasteiger partial charge in [-0.05, 0) is 35.4 Å². The molecule has 2 aliphatic heterocycles. The third-order valence-electron chi connectivity index (χ3n) is 6.71. The molecule has 4 N–H and O–H groups in total. The molecule has 190 valence electrons. The molecular weight excluding hydrogens is 460 g/mol. The standard InChI is InChI=1S/C27H32N4O5/c1-26(2,3)13-20(30-25(35)36-15-17-9-5-4-6-10-17)23(33)31-16-27(14-21(31)22(28)32)18-11-7-8-12-19(18)29-24(27)34/h4-12,20-21H,13-16H2,1-3H3,(H2,28,32)(H,29,34)(H,30,35)/t20-,21-,27-/m0/s1. The molecule has 9 heteroatoms. The van der Waals surface area contributed by atoms with Crippen LogP contribution in [0.15, 0.2) is 54.6 Å². The van der Waals surface area contributed by atoms with Crippen molar-refractivity contribution in [3.05, 3.63) is 65.7 Å². The van der Waals surface area contributed by atoms with Crippen molar-refractivity contribution >= 4 is 29.5 Å². The Morgan fingerprint density at radius 1 is 1.14 bits per heavy atom. The molecule has 1 spiro atoms. The molecule has 1 fully saturated rings. The largest absolute Gasteiger partial charge is 0.445 e. The number of fused-ring (bicyclic) bond motifs is 2. The first-order valence-electron chi connectivity index (χ1n) is 12.0. The summed E-state index contributed by atoms with van der Waals surface area (Å²) in [6.45, 7) is 5.88. The van der Waals surface area contributed by atoms with Crippen LogP contribution >= 0.6 is 0 Å². The minimum absolute atomic E-state index is 0.0102. The molecule has 0 aliphatic carbocycles. The highest BCUT2D eigenvalue weighted by molar-refractivity contribution is 6.08. The molecule has 4 amide bonds. The Morgan fingerprint density at radius 3 is 2.47 bits per heavy atom. The maximum Gasteiger partial charge on any atom is 0.408 e. The number of primary amides is 1. The van der Waals surface area contributed by atoms with Crippen molar-refractivity contribution in [1.29, 1.82) is 0 Å². The van der Waals surface area contributed by atoms with Crippen LogP contribution in [-0.4, -0.2) is 47.3 Å². The number of nitrogens with one attached hydrogen (secondary N) is 2. The Balaban J connectivity index is 1.57. The van der Waals surface area contributed by atoms with Crippen LogP contribution in [0.2, 0.25) is 0 Å². The quantitative estimate of drug-likeness (QED) is 0.571. The van der Waals surface area contributed by atoms with Crippen molar-refractivity contribution in [3.63, 3.8) is 0 Å². The molecule has 2 heterocycles. The lowest BCUT2D eigenvalue weighted by atomic mass is 9.79. The van der Waals surface area contributed by atoms with Crippen LogP contribution in [-0.2, 0) is 31.1 Å². The second-order valence-corrected chi connectivity index (χ2v) is 10.7. The van der Waals surface area contributed by atoms with Gasteiger partial charge in [0.1, 0.15) is 18.7 Å². The van der Waals surface area contributed by atoms with E-state index in [9.17, 15) is 19.2 Å². The summed E-state index contributed by atoms with van der Waals surface area (Å²) in [4.78, 5) is 53.4. The Bertz CT molecular complexity index is 1180. The number of likely N-dealkylation sites (tertiary alicyclic amines) is 1. The van der Waals surface area contributed by atoms with Crippen molar-refractivity contribution in [2.75, 3.05) is 11.9 Å². The van der Waals surface area contributed by atoms with Crippen LogP contribution in [0.4, 0.5) is 10.5 Å². The van der Waals surface area contributed by atoms with E-state index in [1.54, 1.807) is 6.07 Å². The molecule has 36 heavy (non-hydrogen) atoms. The van der Waals surface area contributed by atoms with Gasteiger partial charge < -0.3 is 26.0 Å². The molecule has 2 aromatic rings. The Morgan fingerprint density at radius 2 is 1.81 bits per heavy atom. The van der Waals surface area contributed by atoms with E-state index in [1.807, 2.05) is 69.3 Å². The van der Waals surface area contributed by atoms with Gasteiger partial charge >= 0.3 is 6.09 Å². The van der Waals surface area contributed by atoms with E-state index in [0.29, 0.717) is 12.1 Å². The zero-order chi connectivity index (χ0) is 26.1. The van der Waals surface area contributed by atoms with Gasteiger partial charge in [0.2, 0.25) is 17.7 Å². The number of rotatable bonds is 6. The third kappa shape index (κ3) is 5.05. The predicted molar refractivity (Wildman–Crippen MR) is 134 cm³/mol. The normalized spacial score (nSPS) is 21.6. The average Bonchev–Trinajstić information content (AvgIpc) is 3.36. The molecule has 9 nitrogen and oxygen atoms in total. The molecule has 2 aromatic carbocycles. The molecule has 4 rings (SSSR count). The van der Waals surface area contributed by atoms with E-state index in [0.717, 1.165) is 11.1 Å². The third-order valence-corrected chi connectivity index (χ3v) is 6.71. The fourth-order valence-corrected chi connectivity index (χ4v) is 5.04. The number of nitrogens with zero attached hydrogens (tertiary/aromatic N) is 1. The molecule has 0 unspecified atom stereocenters. The number of carbonyl (C=O) groups is 4. The van der Waals surface area contributed by atoms with Gasteiger partial charge in [0, 0.05) is 12.2 Å². The van der Waals surface area contributed by atoms with E-state index in [1.165, 1.54) is 4.90 Å². The van der Waals surface area contributed by atoms with Crippen molar-refractivity contribution in [3.8, 4) is 0 Å². The van der Waals surface area contributed by atoms with Crippen LogP contribution in [0.5, 0.6) is 0 Å². The van der Waals surface area contributed by atoms with E-state index in [4.69, 9.17) is 10.5 Å². The summed E-state index contributed by atoms with van der Waals surface area (Å²) in [5.74, 6) is -1.44. The Labute approximate surface area is 210 Å². The summed E-state index contributed by atoms with van der Waals surface area (Å²) < 4.78 is 5.34. The minimum atomic E-state index is -1.08. The molecule has 0 radical (unpaired) electrons. The van der Waals surface area contributed by atoms with Crippen LogP contribution in [0.25, 0.3) is 0 Å². The molecule has 0 aromatic heterocycles. The van der Waals surface area contributed by atoms with Crippen molar-refractivity contribution in [2.45, 2.75) is 57.7 Å². The summed E-state index contributed by atoms with van der Waals surface area (Å²) in [5.41, 5.74) is 6.51. The number of carbonyl (C=O) groups excluding carboxylic acids is 4. The lowest BCUT2D eigenvalue weighted by molar-refractivity contribution is -0.139. The number of hydrogen-bond acceptors (Lipinski definition) is 5. The lowest BCUT2D eigenvalue weighted by Crippen LogP contribution is -2.54. The molecule has 0 bridgehead atoms. The molecule has 2 aliphatic rings. The van der Waals surface area contributed by atoms with Gasteiger partial charge in [-0.15, -0.1) is 0 Å². The lowest BCUT2D eigenvalue weighted by Gasteiger charge is -2.31. The Kier molecular flexibility index (Phi) is 6.75. The number of ether oxygens (including phenoxy) is 1. The van der Waals surface area contributed by atoms with Crippen molar-refractivity contribution < 1.29 is 23.9 Å². The summed E-state index contributed by atoms with van der Waals surface area (Å²) in [5, 5.41) is 5.55. The molecule has 1 saturated heterocycles. The number of alkyl carbamates (subject to hydrolysis) is 1. The predicted octanol–water partition coefficient (Wildman–Crippen LogP) is 2.69. The second-order valence-electron chi connectivity index (χ2n) is 10.7. The minimum Gasteiger partial charge on any atom is -0.445 e. The van der Waals surface area contributed by atoms with Crippen LogP contribution in [0, 0.1) is 5.41 Å². The Hall–Kier alpha value is -3.88. The first-order valence-corrected chi connectivity index (χ1v) is 12.0. The van der Waals surface area contributed by atoms with Gasteiger partial charge in [-0.25, -0.2) is 4.79 Å². The number of anilines is 1. The first-order chi connectivity index (χ1) is 17.0. The van der Waals surface area contributed by atoms with Gasteiger partial charge in [0.25, 0.3) is 0 Å². The highest BCUT2D eigenvalue weighted by Crippen LogP contribution is 2.46.